The van der Waals surface area contributed by atoms with Gasteiger partial charge in [0.25, 0.3) is 5.91 Å². The molecule has 53 heavy (non-hydrogen) atoms. The minimum absolute atomic E-state index is 0.0207. The van der Waals surface area contributed by atoms with E-state index in [4.69, 9.17) is 53.8 Å². The highest BCUT2D eigenvalue weighted by Crippen LogP contribution is 2.37. The van der Waals surface area contributed by atoms with Crippen molar-refractivity contribution in [2.24, 2.45) is 0 Å². The van der Waals surface area contributed by atoms with Crippen molar-refractivity contribution < 1.29 is 41.7 Å². The lowest BCUT2D eigenvalue weighted by molar-refractivity contribution is -0.153. The van der Waals surface area contributed by atoms with Gasteiger partial charge >= 0.3 is 6.18 Å². The first-order valence-corrected chi connectivity index (χ1v) is 18.2. The van der Waals surface area contributed by atoms with E-state index < -0.39 is 24.5 Å². The predicted molar refractivity (Wildman–Crippen MR) is 197 cm³/mol. The van der Waals surface area contributed by atoms with Gasteiger partial charge in [-0.25, -0.2) is 0 Å². The van der Waals surface area contributed by atoms with Crippen molar-refractivity contribution in [1.82, 2.24) is 15.5 Å². The Morgan fingerprint density at radius 1 is 0.962 bits per heavy atom. The predicted octanol–water partition coefficient (Wildman–Crippen LogP) is 7.91. The third-order valence-electron chi connectivity index (χ3n) is 8.65. The number of hydrogen-bond acceptors (Lipinski definition) is 7. The normalized spacial score (nSPS) is 16.0. The van der Waals surface area contributed by atoms with Crippen molar-refractivity contribution in [2.75, 3.05) is 40.3 Å². The van der Waals surface area contributed by atoms with Crippen LogP contribution in [0.25, 0.3) is 5.57 Å². The standard InChI is InChI=1S/C38H41Cl3F3N3O6/c1-23-15-31(40)36(32(41)16-23)53-14-13-52-28-8-4-25(5-9-28)29-11-12-45-33(21-51-22-50-2)35(29)37(49)47(27-6-7-27)20-26-17-24(3-10-30(26)39)19-46-34(48)18-38(42,43)44/h3-5,8-10,15-17,27,33,45H,6-7,11-14,18-22H2,1-2H3,(H,46,48)/t33-/m1/s1. The van der Waals surface area contributed by atoms with Crippen molar-refractivity contribution in [3.8, 4) is 11.5 Å². The molecule has 0 radical (unpaired) electrons. The summed E-state index contributed by atoms with van der Waals surface area (Å²) in [6.07, 6.45) is -3.96. The highest BCUT2D eigenvalue weighted by molar-refractivity contribution is 6.37. The first-order valence-electron chi connectivity index (χ1n) is 17.1. The smallest absolute Gasteiger partial charge is 0.397 e. The molecule has 1 heterocycles. The molecule has 5 rings (SSSR count). The van der Waals surface area contributed by atoms with Crippen LogP contribution in [0, 0.1) is 6.92 Å². The average Bonchev–Trinajstić information content (AvgIpc) is 3.95. The summed E-state index contributed by atoms with van der Waals surface area (Å²) in [5.41, 5.74) is 4.40. The van der Waals surface area contributed by atoms with Gasteiger partial charge in [-0.3, -0.25) is 9.59 Å². The molecule has 0 aromatic heterocycles. The maximum atomic E-state index is 14.7. The van der Waals surface area contributed by atoms with Crippen LogP contribution in [0.4, 0.5) is 13.2 Å². The number of alkyl halides is 3. The molecule has 0 saturated heterocycles. The zero-order chi connectivity index (χ0) is 38.1. The van der Waals surface area contributed by atoms with Crippen LogP contribution in [0.3, 0.4) is 0 Å². The summed E-state index contributed by atoms with van der Waals surface area (Å²) in [5, 5.41) is 6.99. The molecule has 2 aliphatic rings. The van der Waals surface area contributed by atoms with Crippen LogP contribution in [-0.2, 0) is 32.2 Å². The number of amides is 2. The molecule has 15 heteroatoms. The Hall–Kier alpha value is -3.52. The largest absolute Gasteiger partial charge is 0.490 e. The van der Waals surface area contributed by atoms with Gasteiger partial charge in [-0.2, -0.15) is 13.2 Å². The number of carbonyl (C=O) groups is 2. The molecule has 1 saturated carbocycles. The zero-order valence-electron chi connectivity index (χ0n) is 29.3. The Morgan fingerprint density at radius 3 is 2.32 bits per heavy atom. The van der Waals surface area contributed by atoms with Crippen molar-refractivity contribution in [2.45, 2.75) is 64.0 Å². The van der Waals surface area contributed by atoms with E-state index in [1.807, 2.05) is 31.2 Å². The van der Waals surface area contributed by atoms with Crippen molar-refractivity contribution in [3.05, 3.63) is 97.5 Å². The second-order valence-corrected chi connectivity index (χ2v) is 14.1. The summed E-state index contributed by atoms with van der Waals surface area (Å²) in [6, 6.07) is 15.6. The topological polar surface area (TPSA) is 98.4 Å². The highest BCUT2D eigenvalue weighted by Gasteiger charge is 2.39. The number of aryl methyl sites for hydroxylation is 1. The number of ether oxygens (including phenoxy) is 4. The third kappa shape index (κ3) is 11.7. The number of rotatable bonds is 17. The Bertz CT molecular complexity index is 1760. The van der Waals surface area contributed by atoms with E-state index in [-0.39, 0.29) is 51.7 Å². The monoisotopic (exact) mass is 797 g/mol. The number of carbonyl (C=O) groups excluding carboxylic acids is 2. The molecule has 1 aliphatic carbocycles. The molecular formula is C38H41Cl3F3N3O6. The molecule has 2 amide bonds. The lowest BCUT2D eigenvalue weighted by atomic mass is 9.88. The average molecular weight is 799 g/mol. The summed E-state index contributed by atoms with van der Waals surface area (Å²) < 4.78 is 60.5. The third-order valence-corrected chi connectivity index (χ3v) is 9.58. The van der Waals surface area contributed by atoms with Gasteiger partial charge in [0.1, 0.15) is 32.2 Å². The Kier molecular flexibility index (Phi) is 14.3. The molecule has 1 aliphatic heterocycles. The van der Waals surface area contributed by atoms with E-state index in [0.717, 1.165) is 29.5 Å². The fraction of sp³-hybridized carbons (Fsp3) is 0.421. The van der Waals surface area contributed by atoms with Gasteiger partial charge < -0.3 is 34.5 Å². The van der Waals surface area contributed by atoms with Gasteiger partial charge in [-0.05, 0) is 90.9 Å². The Morgan fingerprint density at radius 2 is 1.66 bits per heavy atom. The number of hydrogen-bond donors (Lipinski definition) is 2. The van der Waals surface area contributed by atoms with E-state index in [2.05, 4.69) is 10.6 Å². The number of nitrogens with zero attached hydrogens (tertiary/aromatic N) is 1. The molecule has 3 aromatic rings. The lowest BCUT2D eigenvalue weighted by Gasteiger charge is -2.33. The minimum Gasteiger partial charge on any atom is -0.490 e. The van der Waals surface area contributed by atoms with E-state index in [9.17, 15) is 22.8 Å². The first kappa shape index (κ1) is 40.7. The van der Waals surface area contributed by atoms with Gasteiger partial charge in [-0.1, -0.05) is 59.1 Å². The highest BCUT2D eigenvalue weighted by atomic mass is 35.5. The molecule has 286 valence electrons. The summed E-state index contributed by atoms with van der Waals surface area (Å²) in [7, 11) is 1.53. The maximum absolute atomic E-state index is 14.7. The van der Waals surface area contributed by atoms with E-state index in [1.54, 1.807) is 35.2 Å². The van der Waals surface area contributed by atoms with Crippen LogP contribution in [0.2, 0.25) is 15.1 Å². The molecule has 0 unspecified atom stereocenters. The van der Waals surface area contributed by atoms with Crippen LogP contribution >= 0.6 is 34.8 Å². The first-order chi connectivity index (χ1) is 25.3. The van der Waals surface area contributed by atoms with Gasteiger partial charge in [0, 0.05) is 36.8 Å². The van der Waals surface area contributed by atoms with Crippen LogP contribution in [0.1, 0.15) is 47.9 Å². The van der Waals surface area contributed by atoms with Gasteiger partial charge in [0.2, 0.25) is 5.91 Å². The van der Waals surface area contributed by atoms with Crippen molar-refractivity contribution >= 4 is 52.2 Å². The van der Waals surface area contributed by atoms with Crippen LogP contribution < -0.4 is 20.1 Å². The second kappa shape index (κ2) is 18.7. The fourth-order valence-electron chi connectivity index (χ4n) is 6.06. The molecule has 0 spiro atoms. The summed E-state index contributed by atoms with van der Waals surface area (Å²) in [4.78, 5) is 28.2. The van der Waals surface area contributed by atoms with Gasteiger partial charge in [-0.15, -0.1) is 0 Å². The number of halogens is 6. The van der Waals surface area contributed by atoms with E-state index in [1.165, 1.54) is 7.11 Å². The molecule has 3 aromatic carbocycles. The zero-order valence-corrected chi connectivity index (χ0v) is 31.6. The summed E-state index contributed by atoms with van der Waals surface area (Å²) in [5.74, 6) is -0.283. The molecule has 9 nitrogen and oxygen atoms in total. The molecular weight excluding hydrogens is 758 g/mol. The summed E-state index contributed by atoms with van der Waals surface area (Å²) in [6.45, 7) is 3.28. The van der Waals surface area contributed by atoms with Crippen LogP contribution in [0.5, 0.6) is 11.5 Å². The molecule has 1 atom stereocenters. The number of nitrogens with one attached hydrogen (secondary N) is 2. The van der Waals surface area contributed by atoms with Crippen LogP contribution in [0.15, 0.2) is 60.2 Å². The van der Waals surface area contributed by atoms with Crippen LogP contribution in [-0.4, -0.2) is 75.2 Å². The van der Waals surface area contributed by atoms with E-state index in [0.29, 0.717) is 56.2 Å². The second-order valence-electron chi connectivity index (χ2n) is 12.9. The lowest BCUT2D eigenvalue weighted by Crippen LogP contribution is -2.47. The maximum Gasteiger partial charge on any atom is 0.397 e. The van der Waals surface area contributed by atoms with Gasteiger partial charge in [0.05, 0.1) is 22.7 Å². The fourth-order valence-corrected chi connectivity index (χ4v) is 6.95. The number of benzene rings is 3. The molecule has 2 N–H and O–H groups in total. The molecule has 0 bridgehead atoms. The minimum atomic E-state index is -4.60. The van der Waals surface area contributed by atoms with E-state index >= 15 is 0 Å². The quantitative estimate of drug-likeness (QED) is 0.106. The Labute approximate surface area is 321 Å². The molecule has 1 fully saturated rings. The van der Waals surface area contributed by atoms with Gasteiger partial charge in [0.15, 0.2) is 5.75 Å². The van der Waals surface area contributed by atoms with Crippen molar-refractivity contribution in [1.29, 1.82) is 0 Å². The summed E-state index contributed by atoms with van der Waals surface area (Å²) >= 11 is 19.2. The SMILES string of the molecule is COCOC[C@H]1NCCC(c2ccc(OCCOc3c(Cl)cc(C)cc3Cl)cc2)=C1C(=O)N(Cc1cc(CNC(=O)CC(F)(F)F)ccc1Cl)C1CC1. The number of methoxy groups -OCH3 is 1. The Balaban J connectivity index is 1.33. The van der Waals surface area contributed by atoms with Crippen molar-refractivity contribution in [3.63, 3.8) is 0 Å².